The number of rotatable bonds is 8. The molecule has 33 heavy (non-hydrogen) atoms. The number of halogens is 1. The molecule has 4 rings (SSSR count). The third kappa shape index (κ3) is 5.09. The van der Waals surface area contributed by atoms with Crippen LogP contribution in [-0.2, 0) is 25.5 Å². The van der Waals surface area contributed by atoms with Crippen LogP contribution in [0.1, 0.15) is 42.1 Å². The fraction of sp³-hybridized carbons (Fsp3) is 0.360. The Morgan fingerprint density at radius 3 is 2.48 bits per heavy atom. The minimum absolute atomic E-state index is 0.0630. The molecule has 3 amide bonds. The Labute approximate surface area is 197 Å². The van der Waals surface area contributed by atoms with Gasteiger partial charge in [0.2, 0.25) is 11.8 Å². The number of hydrogen-bond acceptors (Lipinski definition) is 5. The highest BCUT2D eigenvalue weighted by Crippen LogP contribution is 2.34. The average Bonchev–Trinajstić information content (AvgIpc) is 3.60. The Morgan fingerprint density at radius 1 is 1.12 bits per heavy atom. The Balaban J connectivity index is 1.52. The molecule has 172 valence electrons. The van der Waals surface area contributed by atoms with E-state index >= 15 is 0 Å². The van der Waals surface area contributed by atoms with Crippen molar-refractivity contribution in [3.63, 3.8) is 0 Å². The number of carbonyl (C=O) groups is 4. The summed E-state index contributed by atoms with van der Waals surface area (Å²) in [5, 5.41) is 0.608. The van der Waals surface area contributed by atoms with Gasteiger partial charge in [0.15, 0.2) is 0 Å². The lowest BCUT2D eigenvalue weighted by molar-refractivity contribution is -0.139. The van der Waals surface area contributed by atoms with Crippen LogP contribution in [0.2, 0.25) is 5.02 Å². The number of esters is 1. The molecular formula is C25H25ClN2O5. The molecule has 2 fully saturated rings. The molecular weight excluding hydrogens is 444 g/mol. The summed E-state index contributed by atoms with van der Waals surface area (Å²) in [4.78, 5) is 53.7. The maximum absolute atomic E-state index is 13.3. The second-order valence-electron chi connectivity index (χ2n) is 8.24. The summed E-state index contributed by atoms with van der Waals surface area (Å²) in [6, 6.07) is 12.7. The zero-order chi connectivity index (χ0) is 23.5. The highest BCUT2D eigenvalue weighted by molar-refractivity contribution is 6.30. The minimum atomic E-state index is -0.838. The van der Waals surface area contributed by atoms with E-state index < -0.39 is 17.9 Å². The molecule has 1 saturated heterocycles. The topological polar surface area (TPSA) is 84.0 Å². The molecule has 1 saturated carbocycles. The highest BCUT2D eigenvalue weighted by atomic mass is 35.5. The third-order valence-electron chi connectivity index (χ3n) is 5.88. The Morgan fingerprint density at radius 2 is 1.85 bits per heavy atom. The van der Waals surface area contributed by atoms with E-state index in [0.29, 0.717) is 29.2 Å². The fourth-order valence-electron chi connectivity index (χ4n) is 4.02. The fourth-order valence-corrected chi connectivity index (χ4v) is 4.23. The first kappa shape index (κ1) is 23.0. The lowest BCUT2D eigenvalue weighted by Crippen LogP contribution is -2.47. The average molecular weight is 469 g/mol. The number of benzene rings is 2. The van der Waals surface area contributed by atoms with Crippen LogP contribution in [0.25, 0.3) is 0 Å². The van der Waals surface area contributed by atoms with Crippen LogP contribution >= 0.6 is 11.6 Å². The quantitative estimate of drug-likeness (QED) is 0.436. The summed E-state index contributed by atoms with van der Waals surface area (Å²) in [6.07, 6.45) is 2.08. The van der Waals surface area contributed by atoms with Crippen LogP contribution in [0.5, 0.6) is 0 Å². The van der Waals surface area contributed by atoms with Crippen molar-refractivity contribution < 1.29 is 23.9 Å². The molecule has 1 aliphatic carbocycles. The Kier molecular flexibility index (Phi) is 6.79. The van der Waals surface area contributed by atoms with Gasteiger partial charge in [-0.1, -0.05) is 23.7 Å². The maximum Gasteiger partial charge on any atom is 0.338 e. The van der Waals surface area contributed by atoms with E-state index in [0.717, 1.165) is 23.3 Å². The van der Waals surface area contributed by atoms with E-state index in [1.165, 1.54) is 12.1 Å². The van der Waals surface area contributed by atoms with Gasteiger partial charge in [-0.25, -0.2) is 9.69 Å². The van der Waals surface area contributed by atoms with Gasteiger partial charge in [-0.2, -0.15) is 0 Å². The first-order valence-corrected chi connectivity index (χ1v) is 11.5. The van der Waals surface area contributed by atoms with Crippen LogP contribution in [0.4, 0.5) is 5.69 Å². The number of anilines is 1. The zero-order valence-electron chi connectivity index (χ0n) is 18.3. The first-order valence-electron chi connectivity index (χ1n) is 11.1. The van der Waals surface area contributed by atoms with E-state index in [4.69, 9.17) is 16.3 Å². The smallest absolute Gasteiger partial charge is 0.338 e. The zero-order valence-corrected chi connectivity index (χ0v) is 19.1. The molecule has 2 aromatic rings. The number of carbonyl (C=O) groups excluding carboxylic acids is 4. The molecule has 1 heterocycles. The van der Waals surface area contributed by atoms with E-state index in [-0.39, 0.29) is 30.8 Å². The summed E-state index contributed by atoms with van der Waals surface area (Å²) in [7, 11) is 0. The summed E-state index contributed by atoms with van der Waals surface area (Å²) in [6.45, 7) is 2.30. The first-order chi connectivity index (χ1) is 15.9. The summed E-state index contributed by atoms with van der Waals surface area (Å²) in [5.41, 5.74) is 1.66. The van der Waals surface area contributed by atoms with Gasteiger partial charge >= 0.3 is 5.97 Å². The lowest BCUT2D eigenvalue weighted by atomic mass is 10.1. The van der Waals surface area contributed by atoms with Crippen molar-refractivity contribution in [3.8, 4) is 0 Å². The van der Waals surface area contributed by atoms with Crippen LogP contribution in [-0.4, -0.2) is 47.8 Å². The molecule has 0 bridgehead atoms. The van der Waals surface area contributed by atoms with E-state index in [1.54, 1.807) is 30.0 Å². The predicted molar refractivity (Wildman–Crippen MR) is 123 cm³/mol. The molecule has 7 nitrogen and oxygen atoms in total. The number of amides is 3. The molecule has 1 atom stereocenters. The number of imide groups is 1. The molecule has 2 aliphatic rings. The van der Waals surface area contributed by atoms with Crippen molar-refractivity contribution in [2.75, 3.05) is 18.1 Å². The van der Waals surface area contributed by atoms with Crippen LogP contribution in [0.15, 0.2) is 48.5 Å². The minimum Gasteiger partial charge on any atom is -0.462 e. The van der Waals surface area contributed by atoms with Gasteiger partial charge < -0.3 is 9.64 Å². The van der Waals surface area contributed by atoms with Crippen molar-refractivity contribution in [1.29, 1.82) is 0 Å². The van der Waals surface area contributed by atoms with Gasteiger partial charge in [0.25, 0.3) is 5.91 Å². The molecule has 0 aromatic heterocycles. The van der Waals surface area contributed by atoms with Crippen molar-refractivity contribution in [1.82, 2.24) is 4.90 Å². The van der Waals surface area contributed by atoms with Gasteiger partial charge in [-0.3, -0.25) is 14.4 Å². The van der Waals surface area contributed by atoms with Crippen molar-refractivity contribution in [3.05, 3.63) is 64.7 Å². The van der Waals surface area contributed by atoms with Gasteiger partial charge in [-0.15, -0.1) is 0 Å². The largest absolute Gasteiger partial charge is 0.462 e. The summed E-state index contributed by atoms with van der Waals surface area (Å²) >= 11 is 6.07. The van der Waals surface area contributed by atoms with E-state index in [9.17, 15) is 19.2 Å². The summed E-state index contributed by atoms with van der Waals surface area (Å²) < 4.78 is 4.97. The van der Waals surface area contributed by atoms with Crippen LogP contribution in [0, 0.1) is 5.92 Å². The second kappa shape index (κ2) is 9.75. The van der Waals surface area contributed by atoms with Gasteiger partial charge in [0.05, 0.1) is 24.3 Å². The molecule has 0 N–H and O–H groups in total. The normalized spacial score (nSPS) is 17.9. The Bertz CT molecular complexity index is 1080. The van der Waals surface area contributed by atoms with Crippen LogP contribution < -0.4 is 4.90 Å². The van der Waals surface area contributed by atoms with Gasteiger partial charge in [-0.05, 0) is 68.1 Å². The van der Waals surface area contributed by atoms with Crippen molar-refractivity contribution in [2.24, 2.45) is 5.92 Å². The monoisotopic (exact) mass is 468 g/mol. The molecule has 2 aromatic carbocycles. The molecule has 0 spiro atoms. The van der Waals surface area contributed by atoms with E-state index in [1.807, 2.05) is 18.2 Å². The number of hydrogen-bond donors (Lipinski definition) is 0. The molecule has 1 aliphatic heterocycles. The summed E-state index contributed by atoms with van der Waals surface area (Å²) in [5.74, 6) is -1.43. The Hall–Kier alpha value is -3.19. The highest BCUT2D eigenvalue weighted by Gasteiger charge is 2.46. The molecule has 8 heteroatoms. The van der Waals surface area contributed by atoms with Crippen molar-refractivity contribution >= 4 is 41.0 Å². The maximum atomic E-state index is 13.3. The SMILES string of the molecule is CCOC(=O)c1ccc(N2C(=O)CC(N(CCc3cccc(Cl)c3)C(=O)C3CC3)C2=O)cc1. The predicted octanol–water partition coefficient (Wildman–Crippen LogP) is 3.63. The number of nitrogens with zero attached hydrogens (tertiary/aromatic N) is 2. The number of ether oxygens (including phenoxy) is 1. The third-order valence-corrected chi connectivity index (χ3v) is 6.11. The second-order valence-corrected chi connectivity index (χ2v) is 8.68. The van der Waals surface area contributed by atoms with Crippen molar-refractivity contribution in [2.45, 2.75) is 38.6 Å². The molecule has 0 radical (unpaired) electrons. The standard InChI is InChI=1S/C25H25ClN2O5/c1-2-33-25(32)18-8-10-20(11-9-18)28-22(29)15-21(24(28)31)27(23(30)17-6-7-17)13-12-16-4-3-5-19(26)14-16/h3-5,8-11,14,17,21H,2,6-7,12-13,15H2,1H3. The molecule has 1 unspecified atom stereocenters. The van der Waals surface area contributed by atoms with E-state index in [2.05, 4.69) is 0 Å². The van der Waals surface area contributed by atoms with Gasteiger partial charge in [0.1, 0.15) is 6.04 Å². The van der Waals surface area contributed by atoms with Crippen LogP contribution in [0.3, 0.4) is 0 Å². The lowest BCUT2D eigenvalue weighted by Gasteiger charge is -2.28. The van der Waals surface area contributed by atoms with Gasteiger partial charge in [0, 0.05) is 17.5 Å².